The van der Waals surface area contributed by atoms with E-state index < -0.39 is 0 Å². The van der Waals surface area contributed by atoms with E-state index in [9.17, 15) is 4.79 Å². The van der Waals surface area contributed by atoms with Crippen LogP contribution in [-0.2, 0) is 6.54 Å². The van der Waals surface area contributed by atoms with Gasteiger partial charge in [-0.1, -0.05) is 18.2 Å². The predicted molar refractivity (Wildman–Crippen MR) is 105 cm³/mol. The first-order chi connectivity index (χ1) is 13.3. The smallest absolute Gasteiger partial charge is 0.257 e. The third kappa shape index (κ3) is 4.48. The zero-order chi connectivity index (χ0) is 18.5. The van der Waals surface area contributed by atoms with Gasteiger partial charge in [0.05, 0.1) is 11.3 Å². The zero-order valence-corrected chi connectivity index (χ0v) is 15.7. The second kappa shape index (κ2) is 8.53. The van der Waals surface area contributed by atoms with Gasteiger partial charge in [-0.15, -0.1) is 0 Å². The average Bonchev–Trinajstić information content (AvgIpc) is 3.25. The van der Waals surface area contributed by atoms with E-state index in [0.29, 0.717) is 5.56 Å². The van der Waals surface area contributed by atoms with E-state index in [1.54, 1.807) is 0 Å². The van der Waals surface area contributed by atoms with Gasteiger partial charge in [0.25, 0.3) is 5.91 Å². The highest BCUT2D eigenvalue weighted by Gasteiger charge is 2.25. The predicted octanol–water partition coefficient (Wildman–Crippen LogP) is 3.36. The highest BCUT2D eigenvalue weighted by molar-refractivity contribution is 5.97. The molecule has 2 aromatic rings. The van der Waals surface area contributed by atoms with Crippen molar-refractivity contribution in [3.8, 4) is 5.75 Å². The van der Waals surface area contributed by atoms with E-state index in [2.05, 4.69) is 16.0 Å². The van der Waals surface area contributed by atoms with Gasteiger partial charge in [-0.05, 0) is 49.9 Å². The van der Waals surface area contributed by atoms with E-state index >= 15 is 0 Å². The number of pyridine rings is 1. The van der Waals surface area contributed by atoms with Crippen LogP contribution in [-0.4, -0.2) is 53.0 Å². The molecule has 142 valence electrons. The summed E-state index contributed by atoms with van der Waals surface area (Å²) in [5.74, 6) is 0.841. The van der Waals surface area contributed by atoms with Crippen molar-refractivity contribution in [1.82, 2.24) is 14.8 Å². The van der Waals surface area contributed by atoms with Gasteiger partial charge in [0.15, 0.2) is 0 Å². The van der Waals surface area contributed by atoms with E-state index in [0.717, 1.165) is 69.9 Å². The van der Waals surface area contributed by atoms with Crippen LogP contribution in [0.15, 0.2) is 48.7 Å². The average molecular weight is 365 g/mol. The minimum Gasteiger partial charge on any atom is -0.489 e. The number of benzene rings is 1. The van der Waals surface area contributed by atoms with Crippen molar-refractivity contribution in [1.29, 1.82) is 0 Å². The van der Waals surface area contributed by atoms with Crippen LogP contribution in [0, 0.1) is 0 Å². The zero-order valence-electron chi connectivity index (χ0n) is 15.7. The summed E-state index contributed by atoms with van der Waals surface area (Å²) in [6.45, 7) is 4.59. The topological polar surface area (TPSA) is 45.7 Å². The highest BCUT2D eigenvalue weighted by atomic mass is 16.5. The van der Waals surface area contributed by atoms with E-state index in [-0.39, 0.29) is 12.0 Å². The molecule has 5 heteroatoms. The fourth-order valence-electron chi connectivity index (χ4n) is 3.92. The molecule has 27 heavy (non-hydrogen) atoms. The molecule has 0 bridgehead atoms. The van der Waals surface area contributed by atoms with E-state index in [4.69, 9.17) is 4.74 Å². The van der Waals surface area contributed by atoms with Gasteiger partial charge in [-0.2, -0.15) is 0 Å². The number of rotatable bonds is 5. The molecule has 4 rings (SSSR count). The molecule has 2 fully saturated rings. The lowest BCUT2D eigenvalue weighted by Gasteiger charge is -2.32. The molecule has 5 nitrogen and oxygen atoms in total. The first-order valence-electron chi connectivity index (χ1n) is 9.97. The van der Waals surface area contributed by atoms with Gasteiger partial charge in [-0.25, -0.2) is 0 Å². The Morgan fingerprint density at radius 3 is 2.48 bits per heavy atom. The SMILES string of the molecule is O=C(c1ccccc1OC1CCN(Cc2ccccn2)CC1)N1CCCC1. The van der Waals surface area contributed by atoms with Crippen LogP contribution in [0.4, 0.5) is 0 Å². The lowest BCUT2D eigenvalue weighted by atomic mass is 10.1. The summed E-state index contributed by atoms with van der Waals surface area (Å²) in [4.78, 5) is 21.6. The number of amides is 1. The Morgan fingerprint density at radius 2 is 1.74 bits per heavy atom. The van der Waals surface area contributed by atoms with Crippen molar-refractivity contribution < 1.29 is 9.53 Å². The molecule has 0 N–H and O–H groups in total. The summed E-state index contributed by atoms with van der Waals surface area (Å²) in [6, 6.07) is 13.8. The van der Waals surface area contributed by atoms with Crippen LogP contribution in [0.5, 0.6) is 5.75 Å². The maximum atomic E-state index is 12.8. The number of carbonyl (C=O) groups is 1. The summed E-state index contributed by atoms with van der Waals surface area (Å²) in [7, 11) is 0. The van der Waals surface area contributed by atoms with Crippen LogP contribution >= 0.6 is 0 Å². The Bertz CT molecular complexity index is 751. The Hall–Kier alpha value is -2.40. The molecule has 0 atom stereocenters. The monoisotopic (exact) mass is 365 g/mol. The number of para-hydroxylation sites is 1. The van der Waals surface area contributed by atoms with Gasteiger partial charge in [-0.3, -0.25) is 14.7 Å². The summed E-state index contributed by atoms with van der Waals surface area (Å²) in [5.41, 5.74) is 1.81. The number of hydrogen-bond donors (Lipinski definition) is 0. The first-order valence-corrected chi connectivity index (χ1v) is 9.97. The second-order valence-electron chi connectivity index (χ2n) is 7.41. The number of nitrogens with zero attached hydrogens (tertiary/aromatic N) is 3. The molecular formula is C22H27N3O2. The van der Waals surface area contributed by atoms with Crippen LogP contribution in [0.1, 0.15) is 41.7 Å². The summed E-state index contributed by atoms with van der Waals surface area (Å²) < 4.78 is 6.28. The number of likely N-dealkylation sites (tertiary alicyclic amines) is 2. The highest BCUT2D eigenvalue weighted by Crippen LogP contribution is 2.26. The molecule has 2 saturated heterocycles. The molecular weight excluding hydrogens is 338 g/mol. The fraction of sp³-hybridized carbons (Fsp3) is 0.455. The largest absolute Gasteiger partial charge is 0.489 e. The number of hydrogen-bond acceptors (Lipinski definition) is 4. The maximum Gasteiger partial charge on any atom is 0.257 e. The van der Waals surface area contributed by atoms with E-state index in [1.807, 2.05) is 47.5 Å². The Kier molecular flexibility index (Phi) is 5.68. The molecule has 2 aliphatic rings. The van der Waals surface area contributed by atoms with Crippen molar-refractivity contribution in [2.45, 2.75) is 38.3 Å². The van der Waals surface area contributed by atoms with Gasteiger partial charge >= 0.3 is 0 Å². The minimum atomic E-state index is 0.107. The van der Waals surface area contributed by atoms with Crippen LogP contribution in [0.2, 0.25) is 0 Å². The van der Waals surface area contributed by atoms with Gasteiger partial charge in [0.2, 0.25) is 0 Å². The molecule has 1 amide bonds. The summed E-state index contributed by atoms with van der Waals surface area (Å²) in [5, 5.41) is 0. The molecule has 1 aromatic carbocycles. The molecule has 1 aromatic heterocycles. The van der Waals surface area contributed by atoms with Crippen LogP contribution in [0.3, 0.4) is 0 Å². The Balaban J connectivity index is 1.34. The standard InChI is InChI=1S/C22H27N3O2/c26-22(25-13-5-6-14-25)20-8-1-2-9-21(20)27-19-10-15-24(16-11-19)17-18-7-3-4-12-23-18/h1-4,7-9,12,19H,5-6,10-11,13-17H2. The lowest BCUT2D eigenvalue weighted by Crippen LogP contribution is -2.38. The van der Waals surface area contributed by atoms with Gasteiger partial charge in [0, 0.05) is 38.9 Å². The number of ether oxygens (including phenoxy) is 1. The van der Waals surface area contributed by atoms with Crippen LogP contribution in [0.25, 0.3) is 0 Å². The third-order valence-corrected chi connectivity index (χ3v) is 5.45. The van der Waals surface area contributed by atoms with Crippen molar-refractivity contribution in [2.75, 3.05) is 26.2 Å². The maximum absolute atomic E-state index is 12.8. The van der Waals surface area contributed by atoms with Crippen molar-refractivity contribution in [3.63, 3.8) is 0 Å². The molecule has 0 saturated carbocycles. The van der Waals surface area contributed by atoms with Crippen molar-refractivity contribution >= 4 is 5.91 Å². The lowest BCUT2D eigenvalue weighted by molar-refractivity contribution is 0.0764. The molecule has 0 radical (unpaired) electrons. The summed E-state index contributed by atoms with van der Waals surface area (Å²) >= 11 is 0. The Morgan fingerprint density at radius 1 is 1.00 bits per heavy atom. The first kappa shape index (κ1) is 18.0. The fourth-order valence-corrected chi connectivity index (χ4v) is 3.92. The molecule has 0 spiro atoms. The number of piperidine rings is 1. The number of aromatic nitrogens is 1. The van der Waals surface area contributed by atoms with E-state index in [1.165, 1.54) is 0 Å². The Labute approximate surface area is 161 Å². The molecule has 2 aliphatic heterocycles. The van der Waals surface area contributed by atoms with Gasteiger partial charge in [0.1, 0.15) is 11.9 Å². The minimum absolute atomic E-state index is 0.107. The van der Waals surface area contributed by atoms with Crippen LogP contribution < -0.4 is 4.74 Å². The molecule has 0 aliphatic carbocycles. The summed E-state index contributed by atoms with van der Waals surface area (Å²) in [6.07, 6.45) is 6.16. The second-order valence-corrected chi connectivity index (χ2v) is 7.41. The normalized spacial score (nSPS) is 18.6. The van der Waals surface area contributed by atoms with Crippen molar-refractivity contribution in [2.24, 2.45) is 0 Å². The third-order valence-electron chi connectivity index (χ3n) is 5.45. The molecule has 0 unspecified atom stereocenters. The quantitative estimate of drug-likeness (QED) is 0.815. The number of carbonyl (C=O) groups excluding carboxylic acids is 1. The molecule has 3 heterocycles. The van der Waals surface area contributed by atoms with Gasteiger partial charge < -0.3 is 9.64 Å². The van der Waals surface area contributed by atoms with Crippen molar-refractivity contribution in [3.05, 3.63) is 59.9 Å².